The molecule has 0 radical (unpaired) electrons. The van der Waals surface area contributed by atoms with E-state index in [0.717, 1.165) is 41.7 Å². The van der Waals surface area contributed by atoms with E-state index in [2.05, 4.69) is 30.6 Å². The summed E-state index contributed by atoms with van der Waals surface area (Å²) in [7, 11) is 0. The summed E-state index contributed by atoms with van der Waals surface area (Å²) in [6.07, 6.45) is 10.4. The van der Waals surface area contributed by atoms with E-state index in [4.69, 9.17) is 0 Å². The molecule has 0 amide bonds. The first-order valence-corrected chi connectivity index (χ1v) is 10.6. The number of hydrogen-bond donors (Lipinski definition) is 0. The monoisotopic (exact) mass is 318 g/mol. The Labute approximate surface area is 144 Å². The molecule has 4 fully saturated rings. The molecule has 4 rings (SSSR count). The van der Waals surface area contributed by atoms with Gasteiger partial charge < -0.3 is 9.80 Å². The summed E-state index contributed by atoms with van der Waals surface area (Å²) >= 11 is 0. The second-order valence-corrected chi connectivity index (χ2v) is 9.63. The van der Waals surface area contributed by atoms with Crippen LogP contribution in [0.1, 0.15) is 65.7 Å². The maximum Gasteiger partial charge on any atom is 0.0101 e. The molecule has 2 saturated carbocycles. The van der Waals surface area contributed by atoms with Crippen LogP contribution in [0.4, 0.5) is 0 Å². The average molecular weight is 319 g/mol. The third-order valence-electron chi connectivity index (χ3n) is 8.23. The van der Waals surface area contributed by atoms with Crippen LogP contribution in [0.2, 0.25) is 0 Å². The van der Waals surface area contributed by atoms with Crippen molar-refractivity contribution in [2.24, 2.45) is 29.6 Å². The molecule has 23 heavy (non-hydrogen) atoms. The second-order valence-electron chi connectivity index (χ2n) is 9.63. The molecule has 2 aliphatic carbocycles. The zero-order valence-corrected chi connectivity index (χ0v) is 15.7. The SMILES string of the molecule is C[C@H]1CCN(C2CC([C@@H]3CCN(C4CCC4)C[C@@H]3C)C2)C[C@@H]1C. The summed E-state index contributed by atoms with van der Waals surface area (Å²) in [4.78, 5) is 5.67. The summed E-state index contributed by atoms with van der Waals surface area (Å²) < 4.78 is 0. The van der Waals surface area contributed by atoms with Crippen molar-refractivity contribution in [2.45, 2.75) is 77.8 Å². The first-order valence-electron chi connectivity index (χ1n) is 10.6. The van der Waals surface area contributed by atoms with E-state index in [1.807, 2.05) is 0 Å². The Morgan fingerprint density at radius 2 is 1.30 bits per heavy atom. The molecule has 0 aromatic rings. The first kappa shape index (κ1) is 16.4. The van der Waals surface area contributed by atoms with Crippen molar-refractivity contribution in [3.05, 3.63) is 0 Å². The maximum atomic E-state index is 2.84. The van der Waals surface area contributed by atoms with E-state index in [9.17, 15) is 0 Å². The Kier molecular flexibility index (Phi) is 4.75. The molecule has 2 heteroatoms. The molecule has 0 bridgehead atoms. The van der Waals surface area contributed by atoms with Gasteiger partial charge in [-0.2, -0.15) is 0 Å². The fourth-order valence-electron chi connectivity index (χ4n) is 5.88. The second kappa shape index (κ2) is 6.67. The Bertz CT molecular complexity index is 399. The number of rotatable bonds is 3. The summed E-state index contributed by atoms with van der Waals surface area (Å²) in [5, 5.41) is 0. The molecule has 132 valence electrons. The van der Waals surface area contributed by atoms with Crippen molar-refractivity contribution in [2.75, 3.05) is 26.2 Å². The molecule has 0 N–H and O–H groups in total. The average Bonchev–Trinajstić information content (AvgIpc) is 2.41. The molecule has 0 spiro atoms. The highest BCUT2D eigenvalue weighted by atomic mass is 15.2. The highest BCUT2D eigenvalue weighted by Crippen LogP contribution is 2.45. The van der Waals surface area contributed by atoms with Gasteiger partial charge in [-0.1, -0.05) is 27.2 Å². The quantitative estimate of drug-likeness (QED) is 0.767. The van der Waals surface area contributed by atoms with Crippen LogP contribution >= 0.6 is 0 Å². The van der Waals surface area contributed by atoms with Gasteiger partial charge in [0.15, 0.2) is 0 Å². The molecule has 0 aromatic carbocycles. The third-order valence-corrected chi connectivity index (χ3v) is 8.23. The van der Waals surface area contributed by atoms with Crippen LogP contribution in [0.5, 0.6) is 0 Å². The molecular weight excluding hydrogens is 280 g/mol. The molecular formula is C21H38N2. The van der Waals surface area contributed by atoms with E-state index in [0.29, 0.717) is 0 Å². The number of nitrogens with zero attached hydrogens (tertiary/aromatic N) is 2. The first-order chi connectivity index (χ1) is 11.1. The third kappa shape index (κ3) is 3.23. The molecule has 2 aliphatic heterocycles. The molecule has 2 nitrogen and oxygen atoms in total. The Hall–Kier alpha value is -0.0800. The van der Waals surface area contributed by atoms with Crippen molar-refractivity contribution in [1.29, 1.82) is 0 Å². The van der Waals surface area contributed by atoms with Crippen LogP contribution < -0.4 is 0 Å². The van der Waals surface area contributed by atoms with Crippen molar-refractivity contribution >= 4 is 0 Å². The fraction of sp³-hybridized carbons (Fsp3) is 1.00. The van der Waals surface area contributed by atoms with E-state index >= 15 is 0 Å². The zero-order valence-electron chi connectivity index (χ0n) is 15.7. The van der Waals surface area contributed by atoms with E-state index < -0.39 is 0 Å². The van der Waals surface area contributed by atoms with Gasteiger partial charge in [0.1, 0.15) is 0 Å². The minimum atomic E-state index is 0.910. The van der Waals surface area contributed by atoms with E-state index in [1.54, 1.807) is 0 Å². The lowest BCUT2D eigenvalue weighted by Crippen LogP contribution is -2.54. The highest BCUT2D eigenvalue weighted by Gasteiger charge is 2.43. The predicted molar refractivity (Wildman–Crippen MR) is 97.5 cm³/mol. The minimum absolute atomic E-state index is 0.910. The maximum absolute atomic E-state index is 2.84. The van der Waals surface area contributed by atoms with Crippen LogP contribution in [0.25, 0.3) is 0 Å². The van der Waals surface area contributed by atoms with Crippen LogP contribution in [0.15, 0.2) is 0 Å². The van der Waals surface area contributed by atoms with Gasteiger partial charge in [0.25, 0.3) is 0 Å². The van der Waals surface area contributed by atoms with Crippen molar-refractivity contribution in [1.82, 2.24) is 9.80 Å². The highest BCUT2D eigenvalue weighted by molar-refractivity contribution is 4.96. The Morgan fingerprint density at radius 3 is 1.91 bits per heavy atom. The van der Waals surface area contributed by atoms with Crippen LogP contribution in [-0.4, -0.2) is 48.1 Å². The van der Waals surface area contributed by atoms with Crippen LogP contribution in [0, 0.1) is 29.6 Å². The van der Waals surface area contributed by atoms with Gasteiger partial charge in [-0.05, 0) is 81.2 Å². The van der Waals surface area contributed by atoms with Gasteiger partial charge >= 0.3 is 0 Å². The number of piperidine rings is 2. The largest absolute Gasteiger partial charge is 0.300 e. The van der Waals surface area contributed by atoms with Crippen LogP contribution in [0.3, 0.4) is 0 Å². The zero-order chi connectivity index (χ0) is 16.0. The summed E-state index contributed by atoms with van der Waals surface area (Å²) in [6.45, 7) is 13.0. The predicted octanol–water partition coefficient (Wildman–Crippen LogP) is 4.25. The summed E-state index contributed by atoms with van der Waals surface area (Å²) in [5.41, 5.74) is 0. The smallest absolute Gasteiger partial charge is 0.0101 e. The van der Waals surface area contributed by atoms with E-state index in [1.165, 1.54) is 71.1 Å². The summed E-state index contributed by atoms with van der Waals surface area (Å²) in [6, 6.07) is 1.90. The van der Waals surface area contributed by atoms with Gasteiger partial charge in [-0.25, -0.2) is 0 Å². The van der Waals surface area contributed by atoms with Crippen molar-refractivity contribution < 1.29 is 0 Å². The van der Waals surface area contributed by atoms with E-state index in [-0.39, 0.29) is 0 Å². The Balaban J connectivity index is 1.24. The lowest BCUT2D eigenvalue weighted by Gasteiger charge is -2.53. The number of likely N-dealkylation sites (tertiary alicyclic amines) is 2. The Morgan fingerprint density at radius 1 is 0.652 bits per heavy atom. The molecule has 2 saturated heterocycles. The summed E-state index contributed by atoms with van der Waals surface area (Å²) in [5.74, 6) is 4.87. The van der Waals surface area contributed by atoms with Gasteiger partial charge in [0, 0.05) is 25.2 Å². The van der Waals surface area contributed by atoms with Crippen LogP contribution in [-0.2, 0) is 0 Å². The fourth-order valence-corrected chi connectivity index (χ4v) is 5.88. The molecule has 0 unspecified atom stereocenters. The molecule has 4 aliphatic rings. The van der Waals surface area contributed by atoms with Gasteiger partial charge in [-0.15, -0.1) is 0 Å². The molecule has 4 atom stereocenters. The van der Waals surface area contributed by atoms with Gasteiger partial charge in [0.05, 0.1) is 0 Å². The lowest BCUT2D eigenvalue weighted by molar-refractivity contribution is -0.0306. The van der Waals surface area contributed by atoms with Crippen molar-refractivity contribution in [3.63, 3.8) is 0 Å². The van der Waals surface area contributed by atoms with Gasteiger partial charge in [0.2, 0.25) is 0 Å². The molecule has 2 heterocycles. The molecule has 0 aromatic heterocycles. The minimum Gasteiger partial charge on any atom is -0.300 e. The van der Waals surface area contributed by atoms with Gasteiger partial charge in [-0.3, -0.25) is 0 Å². The normalized spacial score (nSPS) is 47.1. The standard InChI is InChI=1S/C21H38N2/c1-15-7-9-23(13-16(15)2)20-11-18(12-20)21-8-10-22(14-17(21)3)19-5-4-6-19/h15-21H,4-14H2,1-3H3/t15-,16-,17-,18?,20?,21+/m0/s1. The number of hydrogen-bond acceptors (Lipinski definition) is 2. The lowest BCUT2D eigenvalue weighted by atomic mass is 9.65. The topological polar surface area (TPSA) is 6.48 Å². The van der Waals surface area contributed by atoms with Crippen molar-refractivity contribution in [3.8, 4) is 0 Å².